The molecule has 0 saturated heterocycles. The molecule has 0 radical (unpaired) electrons. The van der Waals surface area contributed by atoms with Gasteiger partial charge in [0, 0.05) is 5.69 Å². The normalized spacial score (nSPS) is 11.4. The molecular weight excluding hydrogens is 178 g/mol. The van der Waals surface area contributed by atoms with Crippen molar-refractivity contribution in [2.24, 2.45) is 0 Å². The van der Waals surface area contributed by atoms with Crippen molar-refractivity contribution >= 4 is 5.69 Å². The molecule has 14 heavy (non-hydrogen) atoms. The molecule has 1 aromatic carbocycles. The number of phenolic OH excluding ortho intramolecular Hbond substituents is 1. The van der Waals surface area contributed by atoms with Crippen LogP contribution in [0.3, 0.4) is 0 Å². The minimum atomic E-state index is -0.135. The first-order chi connectivity index (χ1) is 6.47. The molecule has 0 saturated carbocycles. The summed E-state index contributed by atoms with van der Waals surface area (Å²) in [6.45, 7) is 6.48. The van der Waals surface area contributed by atoms with Crippen LogP contribution in [0.2, 0.25) is 0 Å². The van der Waals surface area contributed by atoms with E-state index < -0.39 is 0 Å². The fraction of sp³-hybridized carbons (Fsp3) is 0.455. The molecule has 1 aromatic rings. The number of phenols is 1. The second kappa shape index (κ2) is 4.33. The Balaban J connectivity index is 2.35. The number of hydrogen-bond donors (Lipinski definition) is 2. The Morgan fingerprint density at radius 2 is 1.79 bits per heavy atom. The van der Waals surface area contributed by atoms with E-state index in [-0.39, 0.29) is 11.4 Å². The van der Waals surface area contributed by atoms with Crippen LogP contribution in [0.25, 0.3) is 0 Å². The topological polar surface area (TPSA) is 41.5 Å². The highest BCUT2D eigenvalue weighted by Crippen LogP contribution is 2.14. The molecule has 0 amide bonds. The second-order valence-electron chi connectivity index (χ2n) is 4.12. The molecule has 0 bridgehead atoms. The van der Waals surface area contributed by atoms with E-state index in [4.69, 9.17) is 9.84 Å². The first-order valence-corrected chi connectivity index (χ1v) is 4.64. The van der Waals surface area contributed by atoms with Crippen LogP contribution in [-0.2, 0) is 4.74 Å². The van der Waals surface area contributed by atoms with Gasteiger partial charge in [-0.15, -0.1) is 0 Å². The van der Waals surface area contributed by atoms with Gasteiger partial charge in [0.2, 0.25) is 0 Å². The number of nitrogens with one attached hydrogen (secondary N) is 1. The maximum absolute atomic E-state index is 9.05. The van der Waals surface area contributed by atoms with Crippen molar-refractivity contribution < 1.29 is 9.84 Å². The summed E-state index contributed by atoms with van der Waals surface area (Å²) in [5, 5.41) is 12.1. The maximum Gasteiger partial charge on any atom is 0.117 e. The Morgan fingerprint density at radius 3 is 2.29 bits per heavy atom. The fourth-order valence-corrected chi connectivity index (χ4v) is 0.915. The quantitative estimate of drug-likeness (QED) is 0.575. The molecule has 0 unspecified atom stereocenters. The molecule has 0 aromatic heterocycles. The van der Waals surface area contributed by atoms with Crippen molar-refractivity contribution in [1.29, 1.82) is 0 Å². The molecule has 2 N–H and O–H groups in total. The van der Waals surface area contributed by atoms with Crippen LogP contribution in [-0.4, -0.2) is 17.4 Å². The van der Waals surface area contributed by atoms with E-state index in [2.05, 4.69) is 5.32 Å². The fourth-order valence-electron chi connectivity index (χ4n) is 0.915. The van der Waals surface area contributed by atoms with Crippen LogP contribution in [0.4, 0.5) is 5.69 Å². The number of benzene rings is 1. The molecule has 0 heterocycles. The molecule has 3 heteroatoms. The Hall–Kier alpha value is -1.22. The third-order valence-corrected chi connectivity index (χ3v) is 1.65. The minimum Gasteiger partial charge on any atom is -0.508 e. The monoisotopic (exact) mass is 195 g/mol. The maximum atomic E-state index is 9.05. The lowest BCUT2D eigenvalue weighted by Gasteiger charge is -2.20. The number of hydrogen-bond acceptors (Lipinski definition) is 3. The summed E-state index contributed by atoms with van der Waals surface area (Å²) in [5.41, 5.74) is 0.802. The molecule has 0 spiro atoms. The van der Waals surface area contributed by atoms with Gasteiger partial charge in [0.25, 0.3) is 0 Å². The van der Waals surface area contributed by atoms with E-state index in [1.807, 2.05) is 20.8 Å². The van der Waals surface area contributed by atoms with Crippen molar-refractivity contribution in [2.45, 2.75) is 26.4 Å². The van der Waals surface area contributed by atoms with Crippen LogP contribution in [0, 0.1) is 0 Å². The number of anilines is 1. The first kappa shape index (κ1) is 10.9. The third-order valence-electron chi connectivity index (χ3n) is 1.65. The van der Waals surface area contributed by atoms with Gasteiger partial charge in [-0.05, 0) is 45.0 Å². The van der Waals surface area contributed by atoms with E-state index >= 15 is 0 Å². The van der Waals surface area contributed by atoms with Crippen molar-refractivity contribution in [3.63, 3.8) is 0 Å². The summed E-state index contributed by atoms with van der Waals surface area (Å²) < 4.78 is 5.49. The van der Waals surface area contributed by atoms with Crippen molar-refractivity contribution in [1.82, 2.24) is 0 Å². The summed E-state index contributed by atoms with van der Waals surface area (Å²) in [6, 6.07) is 6.89. The Bertz CT molecular complexity index is 274. The standard InChI is InChI=1S/C11H17NO2/c1-11(2,3)14-8-12-9-4-6-10(13)7-5-9/h4-7,12-13H,8H2,1-3H3. The van der Waals surface area contributed by atoms with Crippen LogP contribution < -0.4 is 5.32 Å². The molecular formula is C11H17NO2. The van der Waals surface area contributed by atoms with Gasteiger partial charge in [-0.25, -0.2) is 0 Å². The lowest BCUT2D eigenvalue weighted by atomic mass is 10.2. The predicted molar refractivity (Wildman–Crippen MR) is 57.4 cm³/mol. The second-order valence-corrected chi connectivity index (χ2v) is 4.12. The summed E-state index contributed by atoms with van der Waals surface area (Å²) in [6.07, 6.45) is 0. The van der Waals surface area contributed by atoms with E-state index in [1.54, 1.807) is 24.3 Å². The van der Waals surface area contributed by atoms with Gasteiger partial charge < -0.3 is 15.2 Å². The highest BCUT2D eigenvalue weighted by atomic mass is 16.5. The van der Waals surface area contributed by atoms with Gasteiger partial charge in [-0.3, -0.25) is 0 Å². The smallest absolute Gasteiger partial charge is 0.117 e. The lowest BCUT2D eigenvalue weighted by Crippen LogP contribution is -2.22. The van der Waals surface area contributed by atoms with Crippen molar-refractivity contribution in [3.05, 3.63) is 24.3 Å². The molecule has 0 fully saturated rings. The summed E-state index contributed by atoms with van der Waals surface area (Å²) in [5.74, 6) is 0.271. The van der Waals surface area contributed by atoms with E-state index in [0.29, 0.717) is 6.73 Å². The first-order valence-electron chi connectivity index (χ1n) is 4.64. The summed E-state index contributed by atoms with van der Waals surface area (Å²) in [4.78, 5) is 0. The zero-order valence-corrected chi connectivity index (χ0v) is 8.87. The molecule has 1 rings (SSSR count). The number of rotatable bonds is 3. The zero-order valence-electron chi connectivity index (χ0n) is 8.87. The molecule has 0 aliphatic carbocycles. The minimum absolute atomic E-state index is 0.135. The number of aromatic hydroxyl groups is 1. The van der Waals surface area contributed by atoms with Crippen LogP contribution in [0.15, 0.2) is 24.3 Å². The number of ether oxygens (including phenoxy) is 1. The summed E-state index contributed by atoms with van der Waals surface area (Å²) in [7, 11) is 0. The molecule has 0 atom stereocenters. The van der Waals surface area contributed by atoms with Gasteiger partial charge >= 0.3 is 0 Å². The zero-order chi connectivity index (χ0) is 10.6. The predicted octanol–water partition coefficient (Wildman–Crippen LogP) is 2.58. The lowest BCUT2D eigenvalue weighted by molar-refractivity contribution is 0.00846. The van der Waals surface area contributed by atoms with E-state index in [9.17, 15) is 0 Å². The molecule has 3 nitrogen and oxygen atoms in total. The van der Waals surface area contributed by atoms with Gasteiger partial charge in [-0.1, -0.05) is 0 Å². The van der Waals surface area contributed by atoms with Crippen LogP contribution in [0.5, 0.6) is 5.75 Å². The Morgan fingerprint density at radius 1 is 1.21 bits per heavy atom. The van der Waals surface area contributed by atoms with Gasteiger partial charge in [-0.2, -0.15) is 0 Å². The van der Waals surface area contributed by atoms with Gasteiger partial charge in [0.05, 0.1) is 5.60 Å². The molecule has 0 aliphatic heterocycles. The van der Waals surface area contributed by atoms with Crippen LogP contribution in [0.1, 0.15) is 20.8 Å². The Kier molecular flexibility index (Phi) is 3.36. The average Bonchev–Trinajstić information content (AvgIpc) is 2.06. The summed E-state index contributed by atoms with van der Waals surface area (Å²) >= 11 is 0. The highest BCUT2D eigenvalue weighted by Gasteiger charge is 2.08. The molecule has 0 aliphatic rings. The average molecular weight is 195 g/mol. The van der Waals surface area contributed by atoms with E-state index in [1.165, 1.54) is 0 Å². The molecule has 78 valence electrons. The Labute approximate surface area is 84.7 Å². The third kappa shape index (κ3) is 4.14. The SMILES string of the molecule is CC(C)(C)OCNc1ccc(O)cc1. The van der Waals surface area contributed by atoms with Crippen molar-refractivity contribution in [2.75, 3.05) is 12.0 Å². The van der Waals surface area contributed by atoms with Crippen LogP contribution >= 0.6 is 0 Å². The largest absolute Gasteiger partial charge is 0.508 e. The van der Waals surface area contributed by atoms with Gasteiger partial charge in [0.15, 0.2) is 0 Å². The van der Waals surface area contributed by atoms with E-state index in [0.717, 1.165) is 5.69 Å². The highest BCUT2D eigenvalue weighted by molar-refractivity contribution is 5.45. The van der Waals surface area contributed by atoms with Gasteiger partial charge in [0.1, 0.15) is 12.5 Å². The van der Waals surface area contributed by atoms with Crippen molar-refractivity contribution in [3.8, 4) is 5.75 Å².